The smallest absolute Gasteiger partial charge is 0.317 e. The van der Waals surface area contributed by atoms with E-state index >= 15 is 0 Å². The second-order valence-corrected chi connectivity index (χ2v) is 11.6. The van der Waals surface area contributed by atoms with Crippen molar-refractivity contribution in [2.45, 2.75) is 84.0 Å². The molecule has 0 aromatic carbocycles. The zero-order valence-corrected chi connectivity index (χ0v) is 20.7. The quantitative estimate of drug-likeness (QED) is 0.721. The number of fused-ring (bicyclic) bond motifs is 2. The van der Waals surface area contributed by atoms with Gasteiger partial charge in [0.2, 0.25) is 0 Å². The third kappa shape index (κ3) is 4.47. The Hall–Kier alpha value is -2.19. The summed E-state index contributed by atoms with van der Waals surface area (Å²) in [6.45, 7) is 15.3. The topological polar surface area (TPSA) is 79.4 Å². The molecule has 1 saturated carbocycles. The van der Waals surface area contributed by atoms with Gasteiger partial charge in [0.25, 0.3) is 0 Å². The summed E-state index contributed by atoms with van der Waals surface area (Å²) >= 11 is 0. The van der Waals surface area contributed by atoms with Gasteiger partial charge < -0.3 is 9.67 Å². The summed E-state index contributed by atoms with van der Waals surface area (Å²) in [6, 6.07) is 2.56. The Labute approximate surface area is 196 Å². The number of aromatic nitrogens is 4. The Morgan fingerprint density at radius 2 is 2.00 bits per heavy atom. The Kier molecular flexibility index (Phi) is 5.64. The van der Waals surface area contributed by atoms with E-state index in [1.54, 1.807) is 0 Å². The molecule has 2 aliphatic heterocycles. The van der Waals surface area contributed by atoms with Gasteiger partial charge in [0, 0.05) is 31.2 Å². The normalized spacial score (nSPS) is 24.2. The first kappa shape index (κ1) is 22.6. The van der Waals surface area contributed by atoms with Gasteiger partial charge in [0.15, 0.2) is 0 Å². The van der Waals surface area contributed by atoms with Gasteiger partial charge in [-0.1, -0.05) is 34.6 Å². The third-order valence-electron chi connectivity index (χ3n) is 7.37. The number of carbonyl (C=O) groups is 1. The molecule has 0 bridgehead atoms. The Balaban J connectivity index is 1.59. The van der Waals surface area contributed by atoms with Gasteiger partial charge in [-0.15, -0.1) is 0 Å². The van der Waals surface area contributed by atoms with Gasteiger partial charge >= 0.3 is 5.97 Å². The SMILES string of the molecule is CC(C)c1cc2n(n1)CCN(CC1CC1)C2C1CN(CC(=O)O)Cc2nc(C(C)(C)C)cn21. The number of carboxylic acids is 1. The van der Waals surface area contributed by atoms with E-state index in [2.05, 4.69) is 65.9 Å². The molecule has 2 aromatic heterocycles. The van der Waals surface area contributed by atoms with Crippen molar-refractivity contribution >= 4 is 5.97 Å². The molecule has 4 heterocycles. The Morgan fingerprint density at radius 3 is 2.64 bits per heavy atom. The lowest BCUT2D eigenvalue weighted by molar-refractivity contribution is -0.139. The molecule has 5 rings (SSSR count). The lowest BCUT2D eigenvalue weighted by Crippen LogP contribution is -2.49. The summed E-state index contributed by atoms with van der Waals surface area (Å²) in [4.78, 5) is 21.3. The highest BCUT2D eigenvalue weighted by atomic mass is 16.4. The molecule has 1 aliphatic carbocycles. The number of carboxylic acid groups (broad SMARTS) is 1. The van der Waals surface area contributed by atoms with E-state index in [1.165, 1.54) is 18.5 Å². The summed E-state index contributed by atoms with van der Waals surface area (Å²) in [6.07, 6.45) is 4.87. The van der Waals surface area contributed by atoms with Gasteiger partial charge in [-0.05, 0) is 30.7 Å². The fourth-order valence-electron chi connectivity index (χ4n) is 5.36. The van der Waals surface area contributed by atoms with Crippen LogP contribution in [-0.2, 0) is 23.3 Å². The van der Waals surface area contributed by atoms with Crippen LogP contribution in [0.1, 0.15) is 88.4 Å². The van der Waals surface area contributed by atoms with Gasteiger partial charge in [0.05, 0.1) is 48.8 Å². The standard InChI is InChI=1S/C25H38N6O2/c1-16(2)18-10-19-24(29(11-17-6-7-17)8-9-31(19)27-18)20-12-28(15-23(32)33)14-22-26-21(13-30(20)22)25(3,4)5/h10,13,16-17,20,24H,6-9,11-12,14-15H2,1-5H3,(H,32,33). The number of imidazole rings is 1. The molecule has 2 atom stereocenters. The number of aliphatic carboxylic acids is 1. The van der Waals surface area contributed by atoms with Crippen LogP contribution in [0.15, 0.2) is 12.3 Å². The van der Waals surface area contributed by atoms with E-state index in [0.717, 1.165) is 42.8 Å². The number of rotatable bonds is 6. The molecule has 0 spiro atoms. The van der Waals surface area contributed by atoms with Crippen LogP contribution in [-0.4, -0.2) is 66.4 Å². The third-order valence-corrected chi connectivity index (χ3v) is 7.37. The second kappa shape index (κ2) is 8.24. The van der Waals surface area contributed by atoms with E-state index in [1.807, 2.05) is 0 Å². The maximum Gasteiger partial charge on any atom is 0.317 e. The molecular weight excluding hydrogens is 416 g/mol. The zero-order chi connectivity index (χ0) is 23.5. The van der Waals surface area contributed by atoms with Crippen LogP contribution in [0.2, 0.25) is 0 Å². The van der Waals surface area contributed by atoms with E-state index in [9.17, 15) is 9.90 Å². The van der Waals surface area contributed by atoms with Crippen molar-refractivity contribution in [1.29, 1.82) is 0 Å². The van der Waals surface area contributed by atoms with Crippen molar-refractivity contribution in [3.63, 3.8) is 0 Å². The Bertz CT molecular complexity index is 1030. The monoisotopic (exact) mass is 454 g/mol. The summed E-state index contributed by atoms with van der Waals surface area (Å²) in [5, 5.41) is 14.5. The highest BCUT2D eigenvalue weighted by molar-refractivity contribution is 5.69. The molecule has 1 fully saturated rings. The molecule has 0 radical (unpaired) electrons. The minimum absolute atomic E-state index is 0.0417. The van der Waals surface area contributed by atoms with Crippen LogP contribution in [0, 0.1) is 5.92 Å². The van der Waals surface area contributed by atoms with Crippen LogP contribution in [0.5, 0.6) is 0 Å². The van der Waals surface area contributed by atoms with Gasteiger partial charge in [-0.25, -0.2) is 4.98 Å². The number of nitrogens with zero attached hydrogens (tertiary/aromatic N) is 6. The van der Waals surface area contributed by atoms with Crippen LogP contribution >= 0.6 is 0 Å². The average Bonchev–Trinajstić information content (AvgIpc) is 3.24. The van der Waals surface area contributed by atoms with Crippen molar-refractivity contribution in [2.75, 3.05) is 26.2 Å². The van der Waals surface area contributed by atoms with Crippen molar-refractivity contribution in [3.8, 4) is 0 Å². The van der Waals surface area contributed by atoms with Crippen molar-refractivity contribution in [3.05, 3.63) is 35.2 Å². The molecule has 8 nitrogen and oxygen atoms in total. The van der Waals surface area contributed by atoms with Gasteiger partial charge in [0.1, 0.15) is 5.82 Å². The highest BCUT2D eigenvalue weighted by Gasteiger charge is 2.42. The molecule has 0 amide bonds. The number of hydrogen-bond donors (Lipinski definition) is 1. The second-order valence-electron chi connectivity index (χ2n) is 11.6. The largest absolute Gasteiger partial charge is 0.480 e. The Morgan fingerprint density at radius 1 is 1.24 bits per heavy atom. The van der Waals surface area contributed by atoms with Crippen molar-refractivity contribution < 1.29 is 9.90 Å². The van der Waals surface area contributed by atoms with E-state index < -0.39 is 5.97 Å². The van der Waals surface area contributed by atoms with Crippen molar-refractivity contribution in [2.24, 2.45) is 5.92 Å². The first-order valence-corrected chi connectivity index (χ1v) is 12.4. The molecule has 2 aromatic rings. The van der Waals surface area contributed by atoms with E-state index in [4.69, 9.17) is 10.1 Å². The molecule has 180 valence electrons. The molecule has 8 heteroatoms. The van der Waals surface area contributed by atoms with Crippen molar-refractivity contribution in [1.82, 2.24) is 29.1 Å². The van der Waals surface area contributed by atoms with Crippen LogP contribution in [0.3, 0.4) is 0 Å². The maximum atomic E-state index is 11.6. The minimum atomic E-state index is -0.782. The van der Waals surface area contributed by atoms with Crippen LogP contribution in [0.4, 0.5) is 0 Å². The van der Waals surface area contributed by atoms with E-state index in [0.29, 0.717) is 19.0 Å². The van der Waals surface area contributed by atoms with E-state index in [-0.39, 0.29) is 24.0 Å². The molecule has 2 unspecified atom stereocenters. The van der Waals surface area contributed by atoms with Gasteiger partial charge in [-0.3, -0.25) is 19.3 Å². The first-order chi connectivity index (χ1) is 15.6. The molecule has 0 saturated heterocycles. The predicted molar refractivity (Wildman–Crippen MR) is 126 cm³/mol. The fraction of sp³-hybridized carbons (Fsp3) is 0.720. The number of hydrogen-bond acceptors (Lipinski definition) is 5. The summed E-state index contributed by atoms with van der Waals surface area (Å²) in [5.41, 5.74) is 3.42. The molecule has 1 N–H and O–H groups in total. The lowest BCUT2D eigenvalue weighted by Gasteiger charge is -2.44. The average molecular weight is 455 g/mol. The van der Waals surface area contributed by atoms with Crippen LogP contribution < -0.4 is 0 Å². The molecule has 3 aliphatic rings. The van der Waals surface area contributed by atoms with Crippen LogP contribution in [0.25, 0.3) is 0 Å². The molecule has 33 heavy (non-hydrogen) atoms. The minimum Gasteiger partial charge on any atom is -0.480 e. The zero-order valence-electron chi connectivity index (χ0n) is 20.7. The van der Waals surface area contributed by atoms with Gasteiger partial charge in [-0.2, -0.15) is 5.10 Å². The highest BCUT2D eigenvalue weighted by Crippen LogP contribution is 2.42. The first-order valence-electron chi connectivity index (χ1n) is 12.4. The fourth-order valence-corrected chi connectivity index (χ4v) is 5.36. The summed E-state index contributed by atoms with van der Waals surface area (Å²) in [7, 11) is 0. The molecular formula is C25H38N6O2. The lowest BCUT2D eigenvalue weighted by atomic mass is 9.93. The predicted octanol–water partition coefficient (Wildman–Crippen LogP) is 3.41. The maximum absolute atomic E-state index is 11.6. The summed E-state index contributed by atoms with van der Waals surface area (Å²) < 4.78 is 4.57. The summed E-state index contributed by atoms with van der Waals surface area (Å²) in [5.74, 6) is 1.37.